The van der Waals surface area contributed by atoms with Crippen molar-refractivity contribution in [3.8, 4) is 5.75 Å². The quantitative estimate of drug-likeness (QED) is 0.388. The molecule has 0 bridgehead atoms. The Labute approximate surface area is 124 Å². The first-order valence-corrected chi connectivity index (χ1v) is 7.60. The van der Waals surface area contributed by atoms with Gasteiger partial charge in [-0.2, -0.15) is 0 Å². The molecule has 1 aromatic rings. The number of hydrogen-bond acceptors (Lipinski definition) is 4. The average Bonchev–Trinajstić information content (AvgIpc) is 2.95. The third-order valence-electron chi connectivity index (χ3n) is 4.53. The number of benzene rings is 1. The van der Waals surface area contributed by atoms with Gasteiger partial charge in [0.2, 0.25) is 0 Å². The Morgan fingerprint density at radius 3 is 2.86 bits per heavy atom. The number of nitrogens with zero attached hydrogens (tertiary/aromatic N) is 1. The van der Waals surface area contributed by atoms with E-state index in [0.29, 0.717) is 11.3 Å². The average molecular weight is 290 g/mol. The van der Waals surface area contributed by atoms with E-state index in [9.17, 15) is 0 Å². The van der Waals surface area contributed by atoms with Crippen LogP contribution in [0.15, 0.2) is 29.4 Å². The summed E-state index contributed by atoms with van der Waals surface area (Å²) in [6, 6.07) is 7.41. The molecular formula is C16H22N2O3. The summed E-state index contributed by atoms with van der Waals surface area (Å²) in [5.74, 6) is 0.751. The third kappa shape index (κ3) is 2.97. The summed E-state index contributed by atoms with van der Waals surface area (Å²) in [5.41, 5.74) is 6.36. The molecule has 1 heterocycles. The zero-order chi connectivity index (χ0) is 14.7. The number of amidine groups is 1. The van der Waals surface area contributed by atoms with Gasteiger partial charge in [-0.15, -0.1) is 0 Å². The van der Waals surface area contributed by atoms with Gasteiger partial charge in [0, 0.05) is 12.8 Å². The second-order valence-electron chi connectivity index (χ2n) is 5.95. The predicted molar refractivity (Wildman–Crippen MR) is 79.8 cm³/mol. The van der Waals surface area contributed by atoms with Crippen molar-refractivity contribution in [2.75, 3.05) is 6.61 Å². The van der Waals surface area contributed by atoms with Gasteiger partial charge in [0.15, 0.2) is 5.84 Å². The summed E-state index contributed by atoms with van der Waals surface area (Å²) in [5, 5.41) is 11.9. The van der Waals surface area contributed by atoms with E-state index in [-0.39, 0.29) is 17.5 Å². The smallest absolute Gasteiger partial charge is 0.173 e. The van der Waals surface area contributed by atoms with Gasteiger partial charge in [-0.25, -0.2) is 0 Å². The van der Waals surface area contributed by atoms with Gasteiger partial charge in [0.25, 0.3) is 0 Å². The van der Waals surface area contributed by atoms with Gasteiger partial charge in [0.1, 0.15) is 11.9 Å². The Hall–Kier alpha value is -1.75. The molecule has 3 rings (SSSR count). The molecule has 1 saturated carbocycles. The number of ether oxygens (including phenoxy) is 2. The van der Waals surface area contributed by atoms with Crippen molar-refractivity contribution in [3.63, 3.8) is 0 Å². The number of rotatable bonds is 3. The lowest BCUT2D eigenvalue weighted by molar-refractivity contribution is -0.108. The molecule has 21 heavy (non-hydrogen) atoms. The molecule has 1 saturated heterocycles. The summed E-state index contributed by atoms with van der Waals surface area (Å²) >= 11 is 0. The Morgan fingerprint density at radius 2 is 2.10 bits per heavy atom. The van der Waals surface area contributed by atoms with E-state index in [2.05, 4.69) is 5.16 Å². The molecule has 1 aliphatic carbocycles. The fraction of sp³-hybridized carbons (Fsp3) is 0.562. The number of oxime groups is 1. The summed E-state index contributed by atoms with van der Waals surface area (Å²) < 4.78 is 12.2. The van der Waals surface area contributed by atoms with Crippen molar-refractivity contribution < 1.29 is 14.7 Å². The summed E-state index contributed by atoms with van der Waals surface area (Å²) in [6.07, 6.45) is 6.69. The maximum absolute atomic E-state index is 8.87. The van der Waals surface area contributed by atoms with Crippen LogP contribution >= 0.6 is 0 Å². The first-order chi connectivity index (χ1) is 10.2. The van der Waals surface area contributed by atoms with Crippen molar-refractivity contribution in [2.45, 2.75) is 50.2 Å². The highest BCUT2D eigenvalue weighted by Crippen LogP contribution is 2.41. The molecule has 1 spiro atoms. The van der Waals surface area contributed by atoms with Gasteiger partial charge >= 0.3 is 0 Å². The Bertz CT molecular complexity index is 524. The van der Waals surface area contributed by atoms with E-state index in [0.717, 1.165) is 32.3 Å². The standard InChI is InChI=1S/C16H22N2O3/c17-15(18-19)13-5-1-2-6-14(13)21-12-7-10-20-16(11-12)8-3-4-9-16/h1-2,5-6,12,19H,3-4,7-11H2,(H2,17,18). The maximum atomic E-state index is 8.87. The zero-order valence-electron chi connectivity index (χ0n) is 12.1. The van der Waals surface area contributed by atoms with E-state index in [1.165, 1.54) is 12.8 Å². The molecule has 3 N–H and O–H groups in total. The molecule has 0 amide bonds. The number of nitrogens with two attached hydrogens (primary N) is 1. The second-order valence-corrected chi connectivity index (χ2v) is 5.95. The minimum Gasteiger partial charge on any atom is -0.489 e. The fourth-order valence-corrected chi connectivity index (χ4v) is 3.47. The lowest BCUT2D eigenvalue weighted by Gasteiger charge is -2.38. The minimum absolute atomic E-state index is 0.0223. The molecule has 0 aromatic heterocycles. The monoisotopic (exact) mass is 290 g/mol. The molecule has 1 unspecified atom stereocenters. The van der Waals surface area contributed by atoms with E-state index in [1.54, 1.807) is 6.07 Å². The summed E-state index contributed by atoms with van der Waals surface area (Å²) in [4.78, 5) is 0. The topological polar surface area (TPSA) is 77.1 Å². The van der Waals surface area contributed by atoms with Crippen LogP contribution in [0, 0.1) is 0 Å². The van der Waals surface area contributed by atoms with E-state index in [1.807, 2.05) is 18.2 Å². The molecule has 1 aromatic carbocycles. The first kappa shape index (κ1) is 14.2. The van der Waals surface area contributed by atoms with Crippen LogP contribution in [0.1, 0.15) is 44.1 Å². The van der Waals surface area contributed by atoms with Crippen LogP contribution in [0.5, 0.6) is 5.75 Å². The van der Waals surface area contributed by atoms with E-state index < -0.39 is 0 Å². The fourth-order valence-electron chi connectivity index (χ4n) is 3.47. The van der Waals surface area contributed by atoms with Crippen molar-refractivity contribution in [1.82, 2.24) is 0 Å². The molecule has 0 radical (unpaired) electrons. The molecule has 5 nitrogen and oxygen atoms in total. The van der Waals surface area contributed by atoms with Crippen LogP contribution in [0.3, 0.4) is 0 Å². The molecule has 1 aliphatic heterocycles. The highest BCUT2D eigenvalue weighted by molar-refractivity contribution is 5.99. The van der Waals surface area contributed by atoms with Crippen LogP contribution in [-0.2, 0) is 4.74 Å². The lowest BCUT2D eigenvalue weighted by Crippen LogP contribution is -2.41. The van der Waals surface area contributed by atoms with Crippen LogP contribution in [-0.4, -0.2) is 29.4 Å². The van der Waals surface area contributed by atoms with Crippen molar-refractivity contribution in [3.05, 3.63) is 29.8 Å². The minimum atomic E-state index is 0.0223. The molecule has 5 heteroatoms. The maximum Gasteiger partial charge on any atom is 0.173 e. The van der Waals surface area contributed by atoms with E-state index in [4.69, 9.17) is 20.4 Å². The molecule has 1 atom stereocenters. The second kappa shape index (κ2) is 5.93. The molecule has 2 fully saturated rings. The SMILES string of the molecule is N/C(=N/O)c1ccccc1OC1CCOC2(CCCC2)C1. The first-order valence-electron chi connectivity index (χ1n) is 7.60. The van der Waals surface area contributed by atoms with Crippen LogP contribution in [0.4, 0.5) is 0 Å². The predicted octanol–water partition coefficient (Wildman–Crippen LogP) is 2.65. The molecule has 114 valence electrons. The van der Waals surface area contributed by atoms with Crippen LogP contribution in [0.2, 0.25) is 0 Å². The van der Waals surface area contributed by atoms with Crippen molar-refractivity contribution >= 4 is 5.84 Å². The third-order valence-corrected chi connectivity index (χ3v) is 4.53. The van der Waals surface area contributed by atoms with Gasteiger partial charge in [-0.3, -0.25) is 0 Å². The van der Waals surface area contributed by atoms with E-state index >= 15 is 0 Å². The van der Waals surface area contributed by atoms with Gasteiger partial charge in [-0.1, -0.05) is 30.1 Å². The molecule has 2 aliphatic rings. The zero-order valence-corrected chi connectivity index (χ0v) is 12.1. The van der Waals surface area contributed by atoms with Crippen LogP contribution in [0.25, 0.3) is 0 Å². The highest BCUT2D eigenvalue weighted by atomic mass is 16.5. The molecular weight excluding hydrogens is 268 g/mol. The number of para-hydroxylation sites is 1. The summed E-state index contributed by atoms with van der Waals surface area (Å²) in [6.45, 7) is 0.746. The van der Waals surface area contributed by atoms with Gasteiger partial charge in [0.05, 0.1) is 17.8 Å². The number of hydrogen-bond donors (Lipinski definition) is 2. The van der Waals surface area contributed by atoms with Crippen LogP contribution < -0.4 is 10.5 Å². The van der Waals surface area contributed by atoms with Crippen molar-refractivity contribution in [1.29, 1.82) is 0 Å². The van der Waals surface area contributed by atoms with Crippen molar-refractivity contribution in [2.24, 2.45) is 10.9 Å². The lowest BCUT2D eigenvalue weighted by atomic mass is 9.90. The highest BCUT2D eigenvalue weighted by Gasteiger charge is 2.40. The largest absolute Gasteiger partial charge is 0.489 e. The summed E-state index contributed by atoms with van der Waals surface area (Å²) in [7, 11) is 0. The normalized spacial score (nSPS) is 25.1. The Balaban J connectivity index is 1.74. The Kier molecular flexibility index (Phi) is 4.01. The van der Waals surface area contributed by atoms with Gasteiger partial charge in [-0.05, 0) is 25.0 Å². The van der Waals surface area contributed by atoms with Gasteiger partial charge < -0.3 is 20.4 Å². The Morgan fingerprint density at radius 1 is 1.33 bits per heavy atom.